The number of thioether (sulfide) groups is 2. The lowest BCUT2D eigenvalue weighted by Crippen LogP contribution is -2.24. The van der Waals surface area contributed by atoms with Crippen molar-refractivity contribution in [2.45, 2.75) is 42.7 Å². The Bertz CT molecular complexity index is 748. The number of alkyl halides is 1. The Morgan fingerprint density at radius 3 is 2.72 bits per heavy atom. The quantitative estimate of drug-likeness (QED) is 0.476. The zero-order chi connectivity index (χ0) is 18.0. The van der Waals surface area contributed by atoms with E-state index < -0.39 is 11.6 Å². The normalized spacial score (nSPS) is 16.2. The first-order chi connectivity index (χ1) is 11.9. The smallest absolute Gasteiger partial charge is 0.360 e. The average molecular weight is 447 g/mol. The Labute approximate surface area is 163 Å². The van der Waals surface area contributed by atoms with Gasteiger partial charge in [-0.05, 0) is 38.7 Å². The van der Waals surface area contributed by atoms with Crippen molar-refractivity contribution < 1.29 is 18.4 Å². The summed E-state index contributed by atoms with van der Waals surface area (Å²) in [7, 11) is 0. The average Bonchev–Trinajstić information content (AvgIpc) is 3.21. The van der Waals surface area contributed by atoms with E-state index in [1.54, 1.807) is 20.8 Å². The van der Waals surface area contributed by atoms with Crippen LogP contribution in [-0.4, -0.2) is 33.0 Å². The second-order valence-corrected chi connectivity index (χ2v) is 9.71. The van der Waals surface area contributed by atoms with Crippen molar-refractivity contribution in [3.8, 4) is 11.6 Å². The predicted molar refractivity (Wildman–Crippen MR) is 102 cm³/mol. The lowest BCUT2D eigenvalue weighted by molar-refractivity contribution is 0.00629. The topological polar surface area (TPSA) is 78.4 Å². The van der Waals surface area contributed by atoms with E-state index in [2.05, 4.69) is 25.9 Å². The van der Waals surface area contributed by atoms with E-state index in [0.717, 1.165) is 11.5 Å². The molecule has 0 radical (unpaired) electrons. The summed E-state index contributed by atoms with van der Waals surface area (Å²) < 4.78 is 16.8. The van der Waals surface area contributed by atoms with Crippen molar-refractivity contribution in [1.82, 2.24) is 9.97 Å². The number of nitrogens with zero attached hydrogens (tertiary/aromatic N) is 2. The van der Waals surface area contributed by atoms with Crippen LogP contribution in [0, 0.1) is 0 Å². The molecule has 3 rings (SSSR count). The van der Waals surface area contributed by atoms with Crippen molar-refractivity contribution in [3.05, 3.63) is 23.6 Å². The second kappa shape index (κ2) is 7.75. The van der Waals surface area contributed by atoms with Gasteiger partial charge in [0.05, 0.1) is 5.33 Å². The van der Waals surface area contributed by atoms with E-state index in [4.69, 9.17) is 13.6 Å². The van der Waals surface area contributed by atoms with Crippen LogP contribution < -0.4 is 0 Å². The van der Waals surface area contributed by atoms with Crippen LogP contribution in [0.2, 0.25) is 0 Å². The molecule has 9 heteroatoms. The number of oxazole rings is 2. The van der Waals surface area contributed by atoms with E-state index in [1.165, 1.54) is 12.7 Å². The van der Waals surface area contributed by atoms with Gasteiger partial charge in [-0.25, -0.2) is 14.8 Å². The zero-order valence-corrected chi connectivity index (χ0v) is 17.4. The van der Waals surface area contributed by atoms with Gasteiger partial charge in [-0.1, -0.05) is 15.9 Å². The highest BCUT2D eigenvalue weighted by molar-refractivity contribution is 9.08. The molecule has 136 valence electrons. The molecule has 1 aliphatic rings. The van der Waals surface area contributed by atoms with Gasteiger partial charge in [-0.2, -0.15) is 0 Å². The molecule has 3 heterocycles. The minimum absolute atomic E-state index is 0.122. The monoisotopic (exact) mass is 446 g/mol. The SMILES string of the molecule is CC(C)(C)OC(=O)c1coc(-c2nc(C3SCCCS3)oc2CBr)n1. The standard InChI is InChI=1S/C16H19BrN2O4S2/c1-16(2,3)23-14(20)9-8-21-12(18-9)11-10(7-17)22-13(19-11)15-24-5-4-6-25-15/h8,15H,4-7H2,1-3H3. The number of rotatable bonds is 4. The minimum Gasteiger partial charge on any atom is -0.455 e. The van der Waals surface area contributed by atoms with Crippen LogP contribution in [0.3, 0.4) is 0 Å². The molecule has 0 unspecified atom stereocenters. The molecule has 0 saturated carbocycles. The predicted octanol–water partition coefficient (Wildman–Crippen LogP) is 5.05. The van der Waals surface area contributed by atoms with E-state index >= 15 is 0 Å². The van der Waals surface area contributed by atoms with Crippen LogP contribution in [0.5, 0.6) is 0 Å². The Morgan fingerprint density at radius 1 is 1.36 bits per heavy atom. The summed E-state index contributed by atoms with van der Waals surface area (Å²) in [6, 6.07) is 0. The molecule has 0 atom stereocenters. The first-order valence-electron chi connectivity index (χ1n) is 7.85. The summed E-state index contributed by atoms with van der Waals surface area (Å²) in [6.45, 7) is 5.41. The maximum absolute atomic E-state index is 12.1. The van der Waals surface area contributed by atoms with Gasteiger partial charge in [-0.3, -0.25) is 0 Å². The van der Waals surface area contributed by atoms with Gasteiger partial charge in [0, 0.05) is 0 Å². The maximum Gasteiger partial charge on any atom is 0.360 e. The van der Waals surface area contributed by atoms with Gasteiger partial charge in [0.25, 0.3) is 0 Å². The summed E-state index contributed by atoms with van der Waals surface area (Å²) in [4.78, 5) is 20.9. The molecule has 1 fully saturated rings. The Morgan fingerprint density at radius 2 is 2.08 bits per heavy atom. The molecule has 25 heavy (non-hydrogen) atoms. The van der Waals surface area contributed by atoms with E-state index in [1.807, 2.05) is 23.5 Å². The number of carbonyl (C=O) groups is 1. The Kier molecular flexibility index (Phi) is 5.85. The van der Waals surface area contributed by atoms with Crippen LogP contribution in [0.1, 0.15) is 53.9 Å². The van der Waals surface area contributed by atoms with Gasteiger partial charge in [0.2, 0.25) is 11.8 Å². The third-order valence-electron chi connectivity index (χ3n) is 3.18. The maximum atomic E-state index is 12.1. The minimum atomic E-state index is -0.590. The van der Waals surface area contributed by atoms with Gasteiger partial charge < -0.3 is 13.6 Å². The summed E-state index contributed by atoms with van der Waals surface area (Å²) in [5.41, 5.74) is 0.0538. The Balaban J connectivity index is 1.84. The van der Waals surface area contributed by atoms with Crippen molar-refractivity contribution in [2.24, 2.45) is 0 Å². The van der Waals surface area contributed by atoms with Crippen molar-refractivity contribution in [2.75, 3.05) is 11.5 Å². The molecule has 0 amide bonds. The third-order valence-corrected chi connectivity index (χ3v) is 6.56. The molecule has 6 nitrogen and oxygen atoms in total. The highest BCUT2D eigenvalue weighted by atomic mass is 79.9. The zero-order valence-electron chi connectivity index (χ0n) is 14.2. The number of hydrogen-bond donors (Lipinski definition) is 0. The molecule has 0 aliphatic carbocycles. The Hall–Kier alpha value is -0.930. The fourth-order valence-corrected chi connectivity index (χ4v) is 5.23. The summed E-state index contributed by atoms with van der Waals surface area (Å²) in [5, 5.41) is 0.488. The van der Waals surface area contributed by atoms with Crippen LogP contribution in [0.25, 0.3) is 11.6 Å². The molecule has 0 N–H and O–H groups in total. The van der Waals surface area contributed by atoms with Crippen LogP contribution >= 0.6 is 39.5 Å². The van der Waals surface area contributed by atoms with Gasteiger partial charge in [0.1, 0.15) is 22.2 Å². The molecule has 0 aromatic carbocycles. The summed E-state index contributed by atoms with van der Waals surface area (Å²) >= 11 is 7.06. The number of ether oxygens (including phenoxy) is 1. The van der Waals surface area contributed by atoms with Gasteiger partial charge in [-0.15, -0.1) is 23.5 Å². The fourth-order valence-electron chi connectivity index (χ4n) is 2.17. The largest absolute Gasteiger partial charge is 0.455 e. The van der Waals surface area contributed by atoms with E-state index in [9.17, 15) is 4.79 Å². The van der Waals surface area contributed by atoms with Crippen molar-refractivity contribution in [3.63, 3.8) is 0 Å². The fraction of sp³-hybridized carbons (Fsp3) is 0.562. The van der Waals surface area contributed by atoms with E-state index in [0.29, 0.717) is 22.7 Å². The number of carbonyl (C=O) groups excluding carboxylic acids is 1. The number of esters is 1. The second-order valence-electron chi connectivity index (χ2n) is 6.42. The first-order valence-corrected chi connectivity index (χ1v) is 11.1. The lowest BCUT2D eigenvalue weighted by atomic mass is 10.2. The first kappa shape index (κ1) is 18.8. The number of hydrogen-bond acceptors (Lipinski definition) is 8. The van der Waals surface area contributed by atoms with Crippen LogP contribution in [0.15, 0.2) is 15.1 Å². The number of halogens is 1. The summed E-state index contributed by atoms with van der Waals surface area (Å²) in [5.74, 6) is 3.23. The van der Waals surface area contributed by atoms with Crippen LogP contribution in [0.4, 0.5) is 0 Å². The molecule has 1 saturated heterocycles. The molecule has 2 aromatic rings. The highest BCUT2D eigenvalue weighted by Crippen LogP contribution is 2.44. The third kappa shape index (κ3) is 4.62. The van der Waals surface area contributed by atoms with Crippen LogP contribution in [-0.2, 0) is 10.1 Å². The lowest BCUT2D eigenvalue weighted by Gasteiger charge is -2.18. The van der Waals surface area contributed by atoms with E-state index in [-0.39, 0.29) is 16.2 Å². The molecular weight excluding hydrogens is 428 g/mol. The van der Waals surface area contributed by atoms with Gasteiger partial charge >= 0.3 is 5.97 Å². The van der Waals surface area contributed by atoms with Gasteiger partial charge in [0.15, 0.2) is 11.4 Å². The number of aromatic nitrogens is 2. The molecular formula is C16H19BrN2O4S2. The molecule has 1 aliphatic heterocycles. The van der Waals surface area contributed by atoms with Crippen molar-refractivity contribution in [1.29, 1.82) is 0 Å². The van der Waals surface area contributed by atoms with Crippen molar-refractivity contribution >= 4 is 45.4 Å². The molecule has 0 spiro atoms. The highest BCUT2D eigenvalue weighted by Gasteiger charge is 2.27. The summed E-state index contributed by atoms with van der Waals surface area (Å²) in [6.07, 6.45) is 2.49. The molecule has 0 bridgehead atoms. The molecule has 2 aromatic heterocycles.